The van der Waals surface area contributed by atoms with Crippen molar-refractivity contribution in [1.29, 1.82) is 0 Å². The number of nitrogens with two attached hydrogens (primary N) is 1. The predicted molar refractivity (Wildman–Crippen MR) is 67.4 cm³/mol. The Kier molecular flexibility index (Phi) is 3.58. The Labute approximate surface area is 115 Å². The summed E-state index contributed by atoms with van der Waals surface area (Å²) in [6.45, 7) is 0. The average Bonchev–Trinajstić information content (AvgIpc) is 2.77. The predicted octanol–water partition coefficient (Wildman–Crippen LogP) is 2.92. The van der Waals surface area contributed by atoms with Crippen molar-refractivity contribution in [3.8, 4) is 0 Å². The minimum absolute atomic E-state index is 0.0504. The molecule has 20 heavy (non-hydrogen) atoms. The number of aromatic nitrogens is 2. The van der Waals surface area contributed by atoms with Crippen LogP contribution in [0.25, 0.3) is 0 Å². The van der Waals surface area contributed by atoms with Crippen molar-refractivity contribution in [2.45, 2.75) is 6.18 Å². The van der Waals surface area contributed by atoms with Gasteiger partial charge < -0.3 is 11.1 Å². The highest BCUT2D eigenvalue weighted by Crippen LogP contribution is 2.36. The van der Waals surface area contributed by atoms with Crippen LogP contribution in [0.15, 0.2) is 24.3 Å². The van der Waals surface area contributed by atoms with Crippen LogP contribution in [-0.2, 0) is 6.18 Å². The molecule has 1 aromatic heterocycles. The van der Waals surface area contributed by atoms with Crippen molar-refractivity contribution in [1.82, 2.24) is 10.2 Å². The van der Waals surface area contributed by atoms with Crippen LogP contribution in [0.3, 0.4) is 0 Å². The lowest BCUT2D eigenvalue weighted by atomic mass is 10.1. The molecule has 2 aromatic rings. The van der Waals surface area contributed by atoms with Crippen LogP contribution < -0.4 is 11.1 Å². The summed E-state index contributed by atoms with van der Waals surface area (Å²) in [7, 11) is 0. The van der Waals surface area contributed by atoms with Crippen molar-refractivity contribution in [3.63, 3.8) is 0 Å². The fraction of sp³-hybridized carbons (Fsp3) is 0.0909. The molecule has 0 fully saturated rings. The van der Waals surface area contributed by atoms with E-state index in [0.717, 1.165) is 12.1 Å². The van der Waals surface area contributed by atoms with Crippen molar-refractivity contribution in [2.24, 2.45) is 0 Å². The number of benzene rings is 1. The fourth-order valence-electron chi connectivity index (χ4n) is 1.50. The number of carbonyl (C=O) groups excluding carboxylic acids is 1. The highest BCUT2D eigenvalue weighted by atomic mass is 35.5. The molecule has 0 saturated carbocycles. The number of nitrogens with zero attached hydrogens (tertiary/aromatic N) is 1. The number of aromatic amines is 1. The van der Waals surface area contributed by atoms with Crippen LogP contribution >= 0.6 is 11.6 Å². The lowest BCUT2D eigenvalue weighted by Crippen LogP contribution is -2.17. The first-order valence-corrected chi connectivity index (χ1v) is 5.64. The highest BCUT2D eigenvalue weighted by Gasteiger charge is 2.34. The van der Waals surface area contributed by atoms with Crippen LogP contribution in [0.1, 0.15) is 16.1 Å². The SMILES string of the molecule is Nc1cc(C(=O)Nc2ccc(Cl)cc2C(F)(F)F)[nH]n1. The van der Waals surface area contributed by atoms with E-state index in [4.69, 9.17) is 17.3 Å². The standard InChI is InChI=1S/C11H8ClF3N4O/c12-5-1-2-7(6(3-5)11(13,14)15)17-10(20)8-4-9(16)19-18-8/h1-4H,(H,17,20)(H3,16,18,19). The number of rotatable bonds is 2. The number of amides is 1. The van der Waals surface area contributed by atoms with E-state index in [1.54, 1.807) is 0 Å². The molecule has 0 bridgehead atoms. The molecular weight excluding hydrogens is 297 g/mol. The van der Waals surface area contributed by atoms with Gasteiger partial charge in [-0.15, -0.1) is 0 Å². The Balaban J connectivity index is 2.32. The van der Waals surface area contributed by atoms with Gasteiger partial charge in [0, 0.05) is 11.1 Å². The first kappa shape index (κ1) is 14.2. The second kappa shape index (κ2) is 5.04. The fourth-order valence-corrected chi connectivity index (χ4v) is 1.68. The summed E-state index contributed by atoms with van der Waals surface area (Å²) in [5.74, 6) is -0.732. The highest BCUT2D eigenvalue weighted by molar-refractivity contribution is 6.30. The van der Waals surface area contributed by atoms with E-state index in [9.17, 15) is 18.0 Å². The zero-order valence-corrected chi connectivity index (χ0v) is 10.5. The quantitative estimate of drug-likeness (QED) is 0.797. The molecule has 0 spiro atoms. The first-order valence-electron chi connectivity index (χ1n) is 5.26. The molecule has 2 rings (SSSR count). The number of halogens is 4. The van der Waals surface area contributed by atoms with E-state index in [-0.39, 0.29) is 16.5 Å². The van der Waals surface area contributed by atoms with Gasteiger partial charge in [-0.05, 0) is 18.2 Å². The van der Waals surface area contributed by atoms with E-state index < -0.39 is 23.3 Å². The number of carbonyl (C=O) groups is 1. The number of H-pyrrole nitrogens is 1. The molecule has 5 nitrogen and oxygen atoms in total. The summed E-state index contributed by atoms with van der Waals surface area (Å²) in [4.78, 5) is 11.8. The monoisotopic (exact) mass is 304 g/mol. The minimum Gasteiger partial charge on any atom is -0.382 e. The van der Waals surface area contributed by atoms with Crippen molar-refractivity contribution >= 4 is 29.0 Å². The molecule has 0 aliphatic heterocycles. The van der Waals surface area contributed by atoms with Gasteiger partial charge in [0.25, 0.3) is 5.91 Å². The third-order valence-corrected chi connectivity index (χ3v) is 2.61. The molecule has 0 atom stereocenters. The smallest absolute Gasteiger partial charge is 0.382 e. The Morgan fingerprint density at radius 2 is 2.05 bits per heavy atom. The summed E-state index contributed by atoms with van der Waals surface area (Å²) >= 11 is 5.53. The number of nitrogen functional groups attached to an aromatic ring is 1. The van der Waals surface area contributed by atoms with E-state index in [2.05, 4.69) is 15.5 Å². The molecule has 1 heterocycles. The molecule has 1 amide bonds. The van der Waals surface area contributed by atoms with Gasteiger partial charge in [-0.3, -0.25) is 9.89 Å². The zero-order chi connectivity index (χ0) is 14.9. The maximum Gasteiger partial charge on any atom is 0.418 e. The second-order valence-corrected chi connectivity index (χ2v) is 4.28. The molecule has 0 radical (unpaired) electrons. The summed E-state index contributed by atoms with van der Waals surface area (Å²) in [6, 6.07) is 4.26. The third-order valence-electron chi connectivity index (χ3n) is 2.38. The van der Waals surface area contributed by atoms with Gasteiger partial charge in [-0.2, -0.15) is 18.3 Å². The maximum absolute atomic E-state index is 12.8. The van der Waals surface area contributed by atoms with E-state index >= 15 is 0 Å². The Morgan fingerprint density at radius 1 is 1.35 bits per heavy atom. The maximum atomic E-state index is 12.8. The van der Waals surface area contributed by atoms with Crippen LogP contribution in [0, 0.1) is 0 Å². The molecule has 0 saturated heterocycles. The van der Waals surface area contributed by atoms with Crippen LogP contribution in [-0.4, -0.2) is 16.1 Å². The van der Waals surface area contributed by atoms with Gasteiger partial charge in [0.05, 0.1) is 11.3 Å². The van der Waals surface area contributed by atoms with Gasteiger partial charge in [-0.25, -0.2) is 0 Å². The Bertz CT molecular complexity index is 653. The Morgan fingerprint density at radius 3 is 2.60 bits per heavy atom. The van der Waals surface area contributed by atoms with E-state index in [1.165, 1.54) is 12.1 Å². The molecule has 4 N–H and O–H groups in total. The first-order chi connectivity index (χ1) is 9.27. The number of nitrogens with one attached hydrogen (secondary N) is 2. The molecule has 1 aromatic carbocycles. The van der Waals surface area contributed by atoms with Crippen molar-refractivity contribution < 1.29 is 18.0 Å². The number of alkyl halides is 3. The molecule has 106 valence electrons. The molecule has 0 aliphatic rings. The lowest BCUT2D eigenvalue weighted by molar-refractivity contribution is -0.136. The molecule has 0 unspecified atom stereocenters. The molecule has 0 aliphatic carbocycles. The van der Waals surface area contributed by atoms with E-state index in [1.807, 2.05) is 0 Å². The zero-order valence-electron chi connectivity index (χ0n) is 9.75. The van der Waals surface area contributed by atoms with E-state index in [0.29, 0.717) is 0 Å². The van der Waals surface area contributed by atoms with Crippen LogP contribution in [0.4, 0.5) is 24.7 Å². The van der Waals surface area contributed by atoms with Crippen LogP contribution in [0.5, 0.6) is 0 Å². The average molecular weight is 305 g/mol. The third kappa shape index (κ3) is 3.02. The summed E-state index contributed by atoms with van der Waals surface area (Å²) < 4.78 is 38.5. The Hall–Kier alpha value is -2.22. The van der Waals surface area contributed by atoms with Gasteiger partial charge in [0.15, 0.2) is 0 Å². The topological polar surface area (TPSA) is 83.8 Å². The summed E-state index contributed by atoms with van der Waals surface area (Å²) in [5, 5.41) is 7.86. The van der Waals surface area contributed by atoms with Crippen LogP contribution in [0.2, 0.25) is 5.02 Å². The number of hydrogen-bond acceptors (Lipinski definition) is 3. The normalized spacial score (nSPS) is 11.4. The molecule has 9 heteroatoms. The van der Waals surface area contributed by atoms with Gasteiger partial charge in [-0.1, -0.05) is 11.6 Å². The largest absolute Gasteiger partial charge is 0.418 e. The van der Waals surface area contributed by atoms with Crippen molar-refractivity contribution in [3.05, 3.63) is 40.5 Å². The molecular formula is C11H8ClF3N4O. The second-order valence-electron chi connectivity index (χ2n) is 3.85. The number of anilines is 2. The lowest BCUT2D eigenvalue weighted by Gasteiger charge is -2.13. The van der Waals surface area contributed by atoms with Gasteiger partial charge in [0.1, 0.15) is 11.5 Å². The summed E-state index contributed by atoms with van der Waals surface area (Å²) in [5.41, 5.74) is 3.82. The van der Waals surface area contributed by atoms with Gasteiger partial charge >= 0.3 is 6.18 Å². The van der Waals surface area contributed by atoms with Crippen molar-refractivity contribution in [2.75, 3.05) is 11.1 Å². The summed E-state index contributed by atoms with van der Waals surface area (Å²) in [6.07, 6.45) is -4.64. The van der Waals surface area contributed by atoms with Gasteiger partial charge in [0.2, 0.25) is 0 Å². The number of hydrogen-bond donors (Lipinski definition) is 3. The minimum atomic E-state index is -4.64.